The lowest BCUT2D eigenvalue weighted by molar-refractivity contribution is 0.0787. The number of rotatable bonds is 5. The first-order valence-corrected chi connectivity index (χ1v) is 8.85. The van der Waals surface area contributed by atoms with Gasteiger partial charge in [0.15, 0.2) is 5.82 Å². The van der Waals surface area contributed by atoms with Gasteiger partial charge >= 0.3 is 0 Å². The van der Waals surface area contributed by atoms with Crippen LogP contribution >= 0.6 is 0 Å². The van der Waals surface area contributed by atoms with E-state index < -0.39 is 0 Å². The molecule has 0 aliphatic carbocycles. The van der Waals surface area contributed by atoms with Gasteiger partial charge in [0.05, 0.1) is 5.56 Å². The highest BCUT2D eigenvalue weighted by molar-refractivity contribution is 5.94. The lowest BCUT2D eigenvalue weighted by atomic mass is 10.1. The summed E-state index contributed by atoms with van der Waals surface area (Å²) in [5.41, 5.74) is 0.599. The Morgan fingerprint density at radius 3 is 2.64 bits per heavy atom. The van der Waals surface area contributed by atoms with E-state index in [4.69, 9.17) is 0 Å². The Hall–Kier alpha value is -2.51. The van der Waals surface area contributed by atoms with Gasteiger partial charge in [-0.25, -0.2) is 4.98 Å². The van der Waals surface area contributed by atoms with E-state index in [1.807, 2.05) is 19.1 Å². The molecule has 0 unspecified atom stereocenters. The Balaban J connectivity index is 1.61. The maximum atomic E-state index is 12.6. The average Bonchev–Trinajstić information content (AvgIpc) is 3.04. The molecule has 1 saturated heterocycles. The van der Waals surface area contributed by atoms with Gasteiger partial charge in [0.25, 0.3) is 5.91 Å². The van der Waals surface area contributed by atoms with E-state index in [1.54, 1.807) is 18.1 Å². The van der Waals surface area contributed by atoms with Crippen molar-refractivity contribution in [3.8, 4) is 0 Å². The number of nitrogens with zero attached hydrogens (tertiary/aromatic N) is 6. The lowest BCUT2D eigenvalue weighted by Gasteiger charge is -2.22. The smallest absolute Gasteiger partial charge is 0.255 e. The standard InChI is InChI=1S/C17H25N7O/c1-13(16-19-21-22-20-16)12-23(2)17(25)14-7-8-15(18-11-14)24-9-5-3-4-6-10-24/h7-8,11,13H,3-6,9-10,12H2,1-2H3,(H,19,20,21,22)/t13-/m0/s1. The minimum absolute atomic E-state index is 0.0111. The quantitative estimate of drug-likeness (QED) is 0.891. The number of carbonyl (C=O) groups is 1. The van der Waals surface area contributed by atoms with Gasteiger partial charge in [-0.1, -0.05) is 25.0 Å². The number of hydrogen-bond acceptors (Lipinski definition) is 6. The van der Waals surface area contributed by atoms with E-state index in [1.165, 1.54) is 25.7 Å². The van der Waals surface area contributed by atoms with Gasteiger partial charge in [-0.3, -0.25) is 4.79 Å². The second kappa shape index (κ2) is 8.04. The molecule has 8 nitrogen and oxygen atoms in total. The van der Waals surface area contributed by atoms with Gasteiger partial charge in [0, 0.05) is 38.8 Å². The second-order valence-corrected chi connectivity index (χ2v) is 6.66. The number of amides is 1. The monoisotopic (exact) mass is 343 g/mol. The SMILES string of the molecule is C[C@@H](CN(C)C(=O)c1ccc(N2CCCCCC2)nc1)c1nn[nH]n1. The normalized spacial score (nSPS) is 16.3. The Labute approximate surface area is 147 Å². The summed E-state index contributed by atoms with van der Waals surface area (Å²) in [6.07, 6.45) is 6.67. The maximum absolute atomic E-state index is 12.6. The van der Waals surface area contributed by atoms with Crippen molar-refractivity contribution in [2.45, 2.75) is 38.5 Å². The molecule has 0 bridgehead atoms. The summed E-state index contributed by atoms with van der Waals surface area (Å²) in [6.45, 7) is 4.58. The number of likely N-dealkylation sites (N-methyl/N-ethyl adjacent to an activating group) is 1. The van der Waals surface area contributed by atoms with Gasteiger partial charge in [-0.05, 0) is 25.0 Å². The van der Waals surface area contributed by atoms with Crippen LogP contribution in [0.2, 0.25) is 0 Å². The Morgan fingerprint density at radius 2 is 2.04 bits per heavy atom. The number of aromatic nitrogens is 5. The molecule has 1 fully saturated rings. The van der Waals surface area contributed by atoms with Gasteiger partial charge < -0.3 is 9.80 Å². The fourth-order valence-electron chi connectivity index (χ4n) is 3.17. The van der Waals surface area contributed by atoms with Crippen LogP contribution in [-0.2, 0) is 0 Å². The number of aromatic amines is 1. The van der Waals surface area contributed by atoms with Crippen LogP contribution in [0.1, 0.15) is 54.7 Å². The van der Waals surface area contributed by atoms with Gasteiger partial charge in [0.2, 0.25) is 0 Å². The van der Waals surface area contributed by atoms with Crippen molar-refractivity contribution in [3.05, 3.63) is 29.7 Å². The molecule has 1 aliphatic heterocycles. The molecule has 25 heavy (non-hydrogen) atoms. The van der Waals surface area contributed by atoms with E-state index in [9.17, 15) is 4.79 Å². The molecule has 0 spiro atoms. The van der Waals surface area contributed by atoms with Crippen LogP contribution in [0.15, 0.2) is 18.3 Å². The van der Waals surface area contributed by atoms with Crippen LogP contribution in [0.3, 0.4) is 0 Å². The van der Waals surface area contributed by atoms with Crippen molar-refractivity contribution < 1.29 is 4.79 Å². The molecule has 0 aromatic carbocycles. The first-order valence-electron chi connectivity index (χ1n) is 8.85. The summed E-state index contributed by atoms with van der Waals surface area (Å²) in [5, 5.41) is 13.9. The summed E-state index contributed by atoms with van der Waals surface area (Å²) >= 11 is 0. The zero-order valence-corrected chi connectivity index (χ0v) is 14.9. The van der Waals surface area contributed by atoms with Crippen molar-refractivity contribution in [3.63, 3.8) is 0 Å². The number of pyridine rings is 1. The summed E-state index contributed by atoms with van der Waals surface area (Å²) in [6, 6.07) is 3.82. The molecule has 3 heterocycles. The minimum atomic E-state index is -0.0507. The minimum Gasteiger partial charge on any atom is -0.357 e. The molecule has 1 amide bonds. The predicted octanol–water partition coefficient (Wildman–Crippen LogP) is 1.85. The molecule has 0 saturated carbocycles. The first kappa shape index (κ1) is 17.3. The third-order valence-corrected chi connectivity index (χ3v) is 4.62. The van der Waals surface area contributed by atoms with E-state index in [-0.39, 0.29) is 11.8 Å². The fourth-order valence-corrected chi connectivity index (χ4v) is 3.17. The summed E-state index contributed by atoms with van der Waals surface area (Å²) in [7, 11) is 1.78. The maximum Gasteiger partial charge on any atom is 0.255 e. The van der Waals surface area contributed by atoms with Crippen LogP contribution in [0.5, 0.6) is 0 Å². The van der Waals surface area contributed by atoms with Crippen LogP contribution < -0.4 is 4.90 Å². The van der Waals surface area contributed by atoms with E-state index in [2.05, 4.69) is 30.5 Å². The number of tetrazole rings is 1. The topological polar surface area (TPSA) is 90.9 Å². The molecule has 0 radical (unpaired) electrons. The van der Waals surface area contributed by atoms with Crippen LogP contribution in [0, 0.1) is 0 Å². The summed E-state index contributed by atoms with van der Waals surface area (Å²) in [4.78, 5) is 21.1. The molecular formula is C17H25N7O. The highest BCUT2D eigenvalue weighted by Crippen LogP contribution is 2.18. The van der Waals surface area contributed by atoms with Crippen molar-refractivity contribution in [1.82, 2.24) is 30.5 Å². The van der Waals surface area contributed by atoms with Crippen molar-refractivity contribution in [2.75, 3.05) is 31.6 Å². The van der Waals surface area contributed by atoms with Crippen molar-refractivity contribution in [2.24, 2.45) is 0 Å². The number of carbonyl (C=O) groups excluding carboxylic acids is 1. The molecular weight excluding hydrogens is 318 g/mol. The number of nitrogens with one attached hydrogen (secondary N) is 1. The summed E-state index contributed by atoms with van der Waals surface area (Å²) in [5.74, 6) is 1.53. The lowest BCUT2D eigenvalue weighted by Crippen LogP contribution is -2.31. The van der Waals surface area contributed by atoms with Gasteiger partial charge in [-0.2, -0.15) is 5.21 Å². The first-order chi connectivity index (χ1) is 12.1. The van der Waals surface area contributed by atoms with E-state index >= 15 is 0 Å². The number of anilines is 1. The third-order valence-electron chi connectivity index (χ3n) is 4.62. The van der Waals surface area contributed by atoms with E-state index in [0.29, 0.717) is 17.9 Å². The highest BCUT2D eigenvalue weighted by Gasteiger charge is 2.19. The predicted molar refractivity (Wildman–Crippen MR) is 94.5 cm³/mol. The molecule has 8 heteroatoms. The van der Waals surface area contributed by atoms with E-state index in [0.717, 1.165) is 18.9 Å². The summed E-state index contributed by atoms with van der Waals surface area (Å²) < 4.78 is 0. The molecule has 134 valence electrons. The van der Waals surface area contributed by atoms with Crippen molar-refractivity contribution >= 4 is 11.7 Å². The number of hydrogen-bond donors (Lipinski definition) is 1. The molecule has 1 aliphatic rings. The van der Waals surface area contributed by atoms with Crippen LogP contribution in [0.25, 0.3) is 0 Å². The zero-order valence-electron chi connectivity index (χ0n) is 14.9. The van der Waals surface area contributed by atoms with Gasteiger partial charge in [0.1, 0.15) is 5.82 Å². The average molecular weight is 343 g/mol. The fraction of sp³-hybridized carbons (Fsp3) is 0.588. The largest absolute Gasteiger partial charge is 0.357 e. The van der Waals surface area contributed by atoms with Gasteiger partial charge in [-0.15, -0.1) is 10.2 Å². The van der Waals surface area contributed by atoms with Crippen LogP contribution in [0.4, 0.5) is 5.82 Å². The molecule has 2 aromatic heterocycles. The molecule has 2 aromatic rings. The third kappa shape index (κ3) is 4.32. The highest BCUT2D eigenvalue weighted by atomic mass is 16.2. The zero-order chi connectivity index (χ0) is 17.6. The number of H-pyrrole nitrogens is 1. The van der Waals surface area contributed by atoms with Crippen LogP contribution in [-0.4, -0.2) is 63.1 Å². The second-order valence-electron chi connectivity index (χ2n) is 6.66. The Morgan fingerprint density at radius 1 is 1.28 bits per heavy atom. The molecule has 1 atom stereocenters. The molecule has 1 N–H and O–H groups in total. The Bertz CT molecular complexity index is 663. The van der Waals surface area contributed by atoms with Crippen molar-refractivity contribution in [1.29, 1.82) is 0 Å². The molecule has 3 rings (SSSR count). The Kier molecular flexibility index (Phi) is 5.57.